The van der Waals surface area contributed by atoms with E-state index in [1.54, 1.807) is 0 Å². The second kappa shape index (κ2) is 6.39. The molecule has 0 amide bonds. The van der Waals surface area contributed by atoms with Crippen molar-refractivity contribution >= 4 is 20.9 Å². The lowest BCUT2D eigenvalue weighted by Crippen LogP contribution is -2.64. The van der Waals surface area contributed by atoms with E-state index in [2.05, 4.69) is 38.9 Å². The van der Waals surface area contributed by atoms with E-state index in [1.165, 1.54) is 22.7 Å². The summed E-state index contributed by atoms with van der Waals surface area (Å²) in [5.41, 5.74) is 2.51. The average Bonchev–Trinajstić information content (AvgIpc) is 3.01. The van der Waals surface area contributed by atoms with Crippen molar-refractivity contribution in [3.05, 3.63) is 36.0 Å². The first-order valence-corrected chi connectivity index (χ1v) is 10.7. The molecule has 2 aromatic rings. The molecule has 2 fully saturated rings. The van der Waals surface area contributed by atoms with Crippen LogP contribution in [-0.2, 0) is 21.3 Å². The number of fused-ring (bicyclic) bond motifs is 1. The number of hydrogen-bond acceptors (Lipinski definition) is 4. The lowest BCUT2D eigenvalue weighted by atomic mass is 9.82. The van der Waals surface area contributed by atoms with Gasteiger partial charge in [-0.05, 0) is 36.5 Å². The summed E-state index contributed by atoms with van der Waals surface area (Å²) in [5.74, 6) is 0.281. The highest BCUT2D eigenvalue weighted by atomic mass is 32.2. The predicted octanol–water partition coefficient (Wildman–Crippen LogP) is 1.70. The summed E-state index contributed by atoms with van der Waals surface area (Å²) in [4.78, 5) is 5.69. The lowest BCUT2D eigenvalue weighted by molar-refractivity contribution is -0.180. The maximum absolute atomic E-state index is 11.2. The maximum atomic E-state index is 11.2. The van der Waals surface area contributed by atoms with Crippen molar-refractivity contribution < 1.29 is 13.2 Å². The number of aromatic nitrogens is 1. The molecular formula is C18H25N3O3S. The van der Waals surface area contributed by atoms with E-state index in [0.717, 1.165) is 32.5 Å². The molecule has 0 bridgehead atoms. The topological polar surface area (TPSA) is 74.4 Å². The van der Waals surface area contributed by atoms with Crippen LogP contribution in [0.15, 0.2) is 30.5 Å². The average molecular weight is 363 g/mol. The smallest absolute Gasteiger partial charge is 0.208 e. The van der Waals surface area contributed by atoms with Crippen LogP contribution in [-0.4, -0.2) is 56.4 Å². The molecule has 1 atom stereocenters. The van der Waals surface area contributed by atoms with Gasteiger partial charge in [-0.2, -0.15) is 0 Å². The minimum absolute atomic E-state index is 0.0202. The van der Waals surface area contributed by atoms with Crippen LogP contribution in [0.1, 0.15) is 18.4 Å². The zero-order valence-corrected chi connectivity index (χ0v) is 15.3. The second-order valence-electron chi connectivity index (χ2n) is 7.52. The summed E-state index contributed by atoms with van der Waals surface area (Å²) in [6.45, 7) is 3.98. The third kappa shape index (κ3) is 3.74. The Morgan fingerprint density at radius 3 is 2.92 bits per heavy atom. The van der Waals surface area contributed by atoms with E-state index >= 15 is 0 Å². The van der Waals surface area contributed by atoms with Crippen molar-refractivity contribution in [3.63, 3.8) is 0 Å². The summed E-state index contributed by atoms with van der Waals surface area (Å²) in [5, 5.41) is 1.29. The quantitative estimate of drug-likeness (QED) is 0.848. The fraction of sp³-hybridized carbons (Fsp3) is 0.556. The van der Waals surface area contributed by atoms with Crippen LogP contribution < -0.4 is 4.72 Å². The standard InChI is InChI=1S/C18H25N3O3S/c1-25(22,23)20-9-14-5-7-18(24-11-14)12-21(13-18)10-15-3-2-4-17-16(15)6-8-19-17/h2-4,6,8,14,19-20H,5,7,9-13H2,1H3/t14-/m1/s1. The first-order valence-electron chi connectivity index (χ1n) is 8.78. The molecule has 3 heterocycles. The number of ether oxygens (including phenoxy) is 1. The van der Waals surface area contributed by atoms with Gasteiger partial charge in [0.1, 0.15) is 0 Å². The Morgan fingerprint density at radius 1 is 1.36 bits per heavy atom. The zero-order chi connectivity index (χ0) is 17.5. The van der Waals surface area contributed by atoms with Gasteiger partial charge in [-0.25, -0.2) is 13.1 Å². The van der Waals surface area contributed by atoms with E-state index in [1.807, 2.05) is 6.20 Å². The van der Waals surface area contributed by atoms with Gasteiger partial charge in [0.15, 0.2) is 0 Å². The van der Waals surface area contributed by atoms with E-state index in [9.17, 15) is 8.42 Å². The molecule has 0 unspecified atom stereocenters. The Balaban J connectivity index is 1.29. The highest BCUT2D eigenvalue weighted by molar-refractivity contribution is 7.88. The lowest BCUT2D eigenvalue weighted by Gasteiger charge is -2.53. The molecule has 7 heteroatoms. The summed E-state index contributed by atoms with van der Waals surface area (Å²) >= 11 is 0. The highest BCUT2D eigenvalue weighted by Gasteiger charge is 2.46. The number of benzene rings is 1. The van der Waals surface area contributed by atoms with E-state index < -0.39 is 10.0 Å². The molecule has 0 saturated carbocycles. The first kappa shape index (κ1) is 17.0. The largest absolute Gasteiger partial charge is 0.372 e. The van der Waals surface area contributed by atoms with E-state index in [4.69, 9.17) is 4.74 Å². The van der Waals surface area contributed by atoms with Crippen LogP contribution >= 0.6 is 0 Å². The van der Waals surface area contributed by atoms with Crippen LogP contribution in [0.2, 0.25) is 0 Å². The van der Waals surface area contributed by atoms with Crippen LogP contribution in [0.5, 0.6) is 0 Å². The van der Waals surface area contributed by atoms with Crippen LogP contribution in [0.25, 0.3) is 10.9 Å². The molecule has 2 aliphatic rings. The molecule has 0 aliphatic carbocycles. The molecule has 2 N–H and O–H groups in total. The van der Waals surface area contributed by atoms with Crippen molar-refractivity contribution in [2.24, 2.45) is 5.92 Å². The van der Waals surface area contributed by atoms with Gasteiger partial charge in [-0.3, -0.25) is 4.90 Å². The number of nitrogens with one attached hydrogen (secondary N) is 2. The number of H-pyrrole nitrogens is 1. The maximum Gasteiger partial charge on any atom is 0.208 e. The van der Waals surface area contributed by atoms with Crippen molar-refractivity contribution in [1.82, 2.24) is 14.6 Å². The van der Waals surface area contributed by atoms with Gasteiger partial charge < -0.3 is 9.72 Å². The predicted molar refractivity (Wildman–Crippen MR) is 97.8 cm³/mol. The van der Waals surface area contributed by atoms with E-state index in [-0.39, 0.29) is 11.5 Å². The number of sulfonamides is 1. The van der Waals surface area contributed by atoms with Crippen LogP contribution in [0.4, 0.5) is 0 Å². The van der Waals surface area contributed by atoms with Gasteiger partial charge in [0.05, 0.1) is 18.5 Å². The number of likely N-dealkylation sites (tertiary alicyclic amines) is 1. The van der Waals surface area contributed by atoms with Crippen molar-refractivity contribution in [2.45, 2.75) is 25.0 Å². The Kier molecular flexibility index (Phi) is 4.35. The fourth-order valence-electron chi connectivity index (χ4n) is 4.01. The molecule has 2 saturated heterocycles. The molecule has 1 aromatic heterocycles. The third-order valence-electron chi connectivity index (χ3n) is 5.37. The van der Waals surface area contributed by atoms with E-state index in [0.29, 0.717) is 13.2 Å². The van der Waals surface area contributed by atoms with Gasteiger partial charge in [0.25, 0.3) is 0 Å². The minimum atomic E-state index is -3.12. The first-order chi connectivity index (χ1) is 11.9. The number of aromatic amines is 1. The van der Waals surface area contributed by atoms with Crippen molar-refractivity contribution in [2.75, 3.05) is 32.5 Å². The monoisotopic (exact) mass is 363 g/mol. The second-order valence-corrected chi connectivity index (χ2v) is 9.35. The van der Waals surface area contributed by atoms with Crippen molar-refractivity contribution in [1.29, 1.82) is 0 Å². The SMILES string of the molecule is CS(=O)(=O)NC[C@H]1CCC2(CN(Cc3cccc4[nH]ccc34)C2)OC1. The normalized spacial score (nSPS) is 23.8. The van der Waals surface area contributed by atoms with Gasteiger partial charge >= 0.3 is 0 Å². The molecule has 6 nitrogen and oxygen atoms in total. The summed E-state index contributed by atoms with van der Waals surface area (Å²) < 4.78 is 31.1. The molecule has 4 rings (SSSR count). The van der Waals surface area contributed by atoms with Gasteiger partial charge in [0, 0.05) is 43.3 Å². The minimum Gasteiger partial charge on any atom is -0.372 e. The molecule has 1 aromatic carbocycles. The highest BCUT2D eigenvalue weighted by Crippen LogP contribution is 2.37. The number of hydrogen-bond donors (Lipinski definition) is 2. The number of rotatable bonds is 5. The van der Waals surface area contributed by atoms with Gasteiger partial charge in [-0.15, -0.1) is 0 Å². The third-order valence-corrected chi connectivity index (χ3v) is 6.06. The molecular weight excluding hydrogens is 338 g/mol. The molecule has 2 aliphatic heterocycles. The summed E-state index contributed by atoms with van der Waals surface area (Å²) in [6, 6.07) is 8.53. The molecule has 1 spiro atoms. The Labute approximate surface area is 148 Å². The van der Waals surface area contributed by atoms with Gasteiger partial charge in [0.2, 0.25) is 10.0 Å². The fourth-order valence-corrected chi connectivity index (χ4v) is 4.55. The van der Waals surface area contributed by atoms with Crippen LogP contribution in [0, 0.1) is 5.92 Å². The Hall–Kier alpha value is -1.41. The van der Waals surface area contributed by atoms with Crippen molar-refractivity contribution in [3.8, 4) is 0 Å². The molecule has 25 heavy (non-hydrogen) atoms. The molecule has 136 valence electrons. The molecule has 0 radical (unpaired) electrons. The summed E-state index contributed by atoms with van der Waals surface area (Å²) in [7, 11) is -3.12. The van der Waals surface area contributed by atoms with Crippen LogP contribution in [0.3, 0.4) is 0 Å². The van der Waals surface area contributed by atoms with Gasteiger partial charge in [-0.1, -0.05) is 12.1 Å². The summed E-state index contributed by atoms with van der Waals surface area (Å²) in [6.07, 6.45) is 5.21. The Bertz CT molecular complexity index is 845. The Morgan fingerprint density at radius 2 is 2.20 bits per heavy atom. The zero-order valence-electron chi connectivity index (χ0n) is 14.5. The number of nitrogens with zero attached hydrogens (tertiary/aromatic N) is 1.